The highest BCUT2D eigenvalue weighted by atomic mass is 16.5. The normalized spacial score (nSPS) is 11.6. The molecular formula is C11H22N2O4. The SMILES string of the molecule is COCCCNC(=O)CN(C)C(C)(C)C(=O)O. The molecule has 0 aromatic rings. The van der Waals surface area contributed by atoms with Gasteiger partial charge in [-0.2, -0.15) is 0 Å². The lowest BCUT2D eigenvalue weighted by Crippen LogP contribution is -2.51. The van der Waals surface area contributed by atoms with Crippen LogP contribution in [0.3, 0.4) is 0 Å². The zero-order chi connectivity index (χ0) is 13.5. The fraction of sp³-hybridized carbons (Fsp3) is 0.818. The number of hydrogen-bond acceptors (Lipinski definition) is 4. The largest absolute Gasteiger partial charge is 0.480 e. The Balaban J connectivity index is 3.99. The Bertz CT molecular complexity index is 266. The summed E-state index contributed by atoms with van der Waals surface area (Å²) in [6.45, 7) is 4.32. The predicted molar refractivity (Wildman–Crippen MR) is 63.8 cm³/mol. The van der Waals surface area contributed by atoms with E-state index in [1.54, 1.807) is 28.0 Å². The molecule has 0 heterocycles. The average molecular weight is 246 g/mol. The van der Waals surface area contributed by atoms with E-state index < -0.39 is 11.5 Å². The minimum atomic E-state index is -1.05. The van der Waals surface area contributed by atoms with E-state index in [0.717, 1.165) is 6.42 Å². The average Bonchev–Trinajstić information content (AvgIpc) is 2.24. The highest BCUT2D eigenvalue weighted by molar-refractivity contribution is 5.81. The summed E-state index contributed by atoms with van der Waals surface area (Å²) < 4.78 is 4.85. The summed E-state index contributed by atoms with van der Waals surface area (Å²) in [6.07, 6.45) is 0.744. The third kappa shape index (κ3) is 5.65. The molecule has 17 heavy (non-hydrogen) atoms. The second-order valence-electron chi connectivity index (χ2n) is 4.42. The number of aliphatic carboxylic acids is 1. The van der Waals surface area contributed by atoms with Gasteiger partial charge in [0.15, 0.2) is 0 Å². The number of methoxy groups -OCH3 is 1. The van der Waals surface area contributed by atoms with Gasteiger partial charge in [0.2, 0.25) is 5.91 Å². The second-order valence-corrected chi connectivity index (χ2v) is 4.42. The van der Waals surface area contributed by atoms with Gasteiger partial charge in [0.1, 0.15) is 5.54 Å². The second kappa shape index (κ2) is 7.24. The molecule has 0 spiro atoms. The van der Waals surface area contributed by atoms with E-state index in [1.807, 2.05) is 0 Å². The van der Waals surface area contributed by atoms with Gasteiger partial charge < -0.3 is 15.2 Å². The summed E-state index contributed by atoms with van der Waals surface area (Å²) in [5, 5.41) is 11.7. The maximum Gasteiger partial charge on any atom is 0.323 e. The Morgan fingerprint density at radius 1 is 1.41 bits per heavy atom. The molecule has 0 atom stereocenters. The van der Waals surface area contributed by atoms with Gasteiger partial charge >= 0.3 is 5.97 Å². The third-order valence-corrected chi connectivity index (χ3v) is 2.71. The Labute approximate surface area is 102 Å². The highest BCUT2D eigenvalue weighted by Crippen LogP contribution is 2.11. The van der Waals surface area contributed by atoms with E-state index >= 15 is 0 Å². The van der Waals surface area contributed by atoms with Crippen LogP contribution in [0.2, 0.25) is 0 Å². The molecule has 0 aliphatic carbocycles. The standard InChI is InChI=1S/C11H22N2O4/c1-11(2,10(15)16)13(3)8-9(14)12-6-5-7-17-4/h5-8H2,1-4H3,(H,12,14)(H,15,16). The molecule has 0 aliphatic heterocycles. The van der Waals surface area contributed by atoms with Crippen molar-refractivity contribution in [2.75, 3.05) is 33.9 Å². The fourth-order valence-corrected chi connectivity index (χ4v) is 1.08. The Morgan fingerprint density at radius 3 is 2.47 bits per heavy atom. The molecule has 100 valence electrons. The number of amides is 1. The van der Waals surface area contributed by atoms with E-state index in [0.29, 0.717) is 13.2 Å². The number of rotatable bonds is 8. The van der Waals surface area contributed by atoms with Crippen LogP contribution in [0.1, 0.15) is 20.3 Å². The van der Waals surface area contributed by atoms with Crippen molar-refractivity contribution in [1.82, 2.24) is 10.2 Å². The molecule has 0 rings (SSSR count). The van der Waals surface area contributed by atoms with Gasteiger partial charge in [-0.05, 0) is 27.3 Å². The van der Waals surface area contributed by atoms with Crippen LogP contribution in [-0.4, -0.2) is 61.3 Å². The number of carbonyl (C=O) groups is 2. The smallest absolute Gasteiger partial charge is 0.323 e. The molecule has 0 radical (unpaired) electrons. The summed E-state index contributed by atoms with van der Waals surface area (Å²) in [6, 6.07) is 0. The van der Waals surface area contributed by atoms with Gasteiger partial charge in [0, 0.05) is 20.3 Å². The van der Waals surface area contributed by atoms with Crippen molar-refractivity contribution in [3.05, 3.63) is 0 Å². The number of nitrogens with one attached hydrogen (secondary N) is 1. The van der Waals surface area contributed by atoms with E-state index in [1.165, 1.54) is 4.90 Å². The van der Waals surface area contributed by atoms with Crippen molar-refractivity contribution in [2.24, 2.45) is 0 Å². The Morgan fingerprint density at radius 2 is 2.00 bits per heavy atom. The van der Waals surface area contributed by atoms with Crippen molar-refractivity contribution in [3.8, 4) is 0 Å². The zero-order valence-electron chi connectivity index (χ0n) is 10.9. The van der Waals surface area contributed by atoms with Crippen molar-refractivity contribution < 1.29 is 19.4 Å². The first kappa shape index (κ1) is 15.9. The zero-order valence-corrected chi connectivity index (χ0v) is 10.9. The lowest BCUT2D eigenvalue weighted by Gasteiger charge is -2.30. The molecule has 0 fully saturated rings. The number of carboxylic acid groups (broad SMARTS) is 1. The molecule has 0 saturated carbocycles. The van der Waals surface area contributed by atoms with Crippen LogP contribution < -0.4 is 5.32 Å². The van der Waals surface area contributed by atoms with Gasteiger partial charge in [-0.15, -0.1) is 0 Å². The molecule has 0 saturated heterocycles. The van der Waals surface area contributed by atoms with Crippen LogP contribution in [-0.2, 0) is 14.3 Å². The first-order valence-corrected chi connectivity index (χ1v) is 5.52. The van der Waals surface area contributed by atoms with Crippen LogP contribution in [0.25, 0.3) is 0 Å². The maximum absolute atomic E-state index is 11.5. The molecule has 0 bridgehead atoms. The van der Waals surface area contributed by atoms with Crippen LogP contribution >= 0.6 is 0 Å². The molecule has 0 unspecified atom stereocenters. The minimum Gasteiger partial charge on any atom is -0.480 e. The Kier molecular flexibility index (Phi) is 6.75. The quantitative estimate of drug-likeness (QED) is 0.586. The number of nitrogens with zero attached hydrogens (tertiary/aromatic N) is 1. The lowest BCUT2D eigenvalue weighted by molar-refractivity contribution is -0.149. The molecule has 0 aliphatic rings. The van der Waals surface area contributed by atoms with Crippen LogP contribution in [0.15, 0.2) is 0 Å². The van der Waals surface area contributed by atoms with Gasteiger partial charge in [-0.3, -0.25) is 14.5 Å². The van der Waals surface area contributed by atoms with Gasteiger partial charge in [-0.25, -0.2) is 0 Å². The summed E-state index contributed by atoms with van der Waals surface area (Å²) in [5.41, 5.74) is -1.05. The molecular weight excluding hydrogens is 224 g/mol. The topological polar surface area (TPSA) is 78.9 Å². The summed E-state index contributed by atoms with van der Waals surface area (Å²) in [4.78, 5) is 24.0. The first-order chi connectivity index (χ1) is 7.82. The lowest BCUT2D eigenvalue weighted by atomic mass is 10.0. The monoisotopic (exact) mass is 246 g/mol. The van der Waals surface area contributed by atoms with Gasteiger partial charge in [0.05, 0.1) is 6.54 Å². The van der Waals surface area contributed by atoms with Crippen molar-refractivity contribution >= 4 is 11.9 Å². The molecule has 0 aromatic carbocycles. The molecule has 6 nitrogen and oxygen atoms in total. The molecule has 2 N–H and O–H groups in total. The molecule has 1 amide bonds. The molecule has 6 heteroatoms. The minimum absolute atomic E-state index is 0.0618. The predicted octanol–water partition coefficient (Wildman–Crippen LogP) is -0.0659. The van der Waals surface area contributed by atoms with E-state index in [-0.39, 0.29) is 12.5 Å². The highest BCUT2D eigenvalue weighted by Gasteiger charge is 2.32. The number of ether oxygens (including phenoxy) is 1. The summed E-state index contributed by atoms with van der Waals surface area (Å²) >= 11 is 0. The maximum atomic E-state index is 11.5. The number of carbonyl (C=O) groups excluding carboxylic acids is 1. The van der Waals surface area contributed by atoms with Crippen molar-refractivity contribution in [1.29, 1.82) is 0 Å². The first-order valence-electron chi connectivity index (χ1n) is 5.52. The van der Waals surface area contributed by atoms with Crippen molar-refractivity contribution in [3.63, 3.8) is 0 Å². The molecule has 0 aromatic heterocycles. The van der Waals surface area contributed by atoms with Crippen LogP contribution in [0.4, 0.5) is 0 Å². The van der Waals surface area contributed by atoms with Crippen LogP contribution in [0, 0.1) is 0 Å². The third-order valence-electron chi connectivity index (χ3n) is 2.71. The van der Waals surface area contributed by atoms with E-state index in [2.05, 4.69) is 5.32 Å². The Hall–Kier alpha value is -1.14. The summed E-state index contributed by atoms with van der Waals surface area (Å²) in [7, 11) is 3.22. The number of carboxylic acids is 1. The number of hydrogen-bond donors (Lipinski definition) is 2. The summed E-state index contributed by atoms with van der Waals surface area (Å²) in [5.74, 6) is -1.13. The van der Waals surface area contributed by atoms with E-state index in [4.69, 9.17) is 9.84 Å². The van der Waals surface area contributed by atoms with Gasteiger partial charge in [-0.1, -0.05) is 0 Å². The number of likely N-dealkylation sites (N-methyl/N-ethyl adjacent to an activating group) is 1. The fourth-order valence-electron chi connectivity index (χ4n) is 1.08. The van der Waals surface area contributed by atoms with E-state index in [9.17, 15) is 9.59 Å². The van der Waals surface area contributed by atoms with Gasteiger partial charge in [0.25, 0.3) is 0 Å². The van der Waals surface area contributed by atoms with Crippen molar-refractivity contribution in [2.45, 2.75) is 25.8 Å². The van der Waals surface area contributed by atoms with Crippen LogP contribution in [0.5, 0.6) is 0 Å².